The van der Waals surface area contributed by atoms with Crippen molar-refractivity contribution in [1.29, 1.82) is 0 Å². The first-order valence-electron chi connectivity index (χ1n) is 12.4. The van der Waals surface area contributed by atoms with Gasteiger partial charge in [0.25, 0.3) is 5.91 Å². The highest BCUT2D eigenvalue weighted by Gasteiger charge is 2.56. The molecule has 2 aromatic carbocycles. The van der Waals surface area contributed by atoms with E-state index in [2.05, 4.69) is 15.6 Å². The highest BCUT2D eigenvalue weighted by Crippen LogP contribution is 2.57. The first-order chi connectivity index (χ1) is 18.5. The second kappa shape index (κ2) is 9.16. The average Bonchev–Trinajstić information content (AvgIpc) is 3.45. The van der Waals surface area contributed by atoms with Crippen molar-refractivity contribution in [2.75, 3.05) is 13.1 Å². The smallest absolute Gasteiger partial charge is 0.267 e. The maximum absolute atomic E-state index is 13.8. The summed E-state index contributed by atoms with van der Waals surface area (Å²) in [5.74, 6) is -3.02. The van der Waals surface area contributed by atoms with Gasteiger partial charge in [0.1, 0.15) is 39.7 Å². The SMILES string of the molecule is CC(=O)c1c(O)c(C)c(O)c2c1OC1=CC(=O)/C(=C(/C)NCCNC(=O)c3cc4ccccc4[nH]3)C(=O)[C@]12C. The minimum absolute atomic E-state index is 0.0285. The van der Waals surface area contributed by atoms with Gasteiger partial charge in [0.15, 0.2) is 17.3 Å². The molecule has 0 fully saturated rings. The number of carbonyl (C=O) groups is 4. The zero-order valence-corrected chi connectivity index (χ0v) is 21.8. The lowest BCUT2D eigenvalue weighted by Crippen LogP contribution is -2.41. The zero-order chi connectivity index (χ0) is 28.2. The van der Waals surface area contributed by atoms with Gasteiger partial charge in [-0.3, -0.25) is 19.2 Å². The number of nitrogens with one attached hydrogen (secondary N) is 3. The molecule has 1 amide bonds. The molecule has 0 unspecified atom stereocenters. The molecule has 5 N–H and O–H groups in total. The largest absolute Gasteiger partial charge is 0.507 e. The first-order valence-corrected chi connectivity index (χ1v) is 12.4. The summed E-state index contributed by atoms with van der Waals surface area (Å²) in [5.41, 5.74) is -0.267. The van der Waals surface area contributed by atoms with Crippen LogP contribution in [0.4, 0.5) is 0 Å². The summed E-state index contributed by atoms with van der Waals surface area (Å²) < 4.78 is 5.77. The van der Waals surface area contributed by atoms with E-state index in [1.807, 2.05) is 24.3 Å². The molecule has 1 atom stereocenters. The predicted octanol–water partition coefficient (Wildman–Crippen LogP) is 3.07. The third kappa shape index (κ3) is 3.87. The number of ether oxygens (including phenoxy) is 1. The van der Waals surface area contributed by atoms with Gasteiger partial charge in [-0.25, -0.2) is 0 Å². The van der Waals surface area contributed by atoms with Crippen LogP contribution in [0.5, 0.6) is 17.2 Å². The fraction of sp³-hybridized carbons (Fsp3) is 0.241. The van der Waals surface area contributed by atoms with Gasteiger partial charge in [0, 0.05) is 41.3 Å². The van der Waals surface area contributed by atoms with Crippen molar-refractivity contribution < 1.29 is 34.1 Å². The normalized spacial score (nSPS) is 19.2. The van der Waals surface area contributed by atoms with Crippen LogP contribution < -0.4 is 15.4 Å². The molecule has 2 aliphatic rings. The number of Topliss-reactive ketones (excluding diaryl/α,β-unsaturated/α-hetero) is 2. The van der Waals surface area contributed by atoms with Crippen LogP contribution >= 0.6 is 0 Å². The lowest BCUT2D eigenvalue weighted by Gasteiger charge is -2.29. The standard InChI is InChI=1S/C29H27N3O7/c1-13-24(35)22(15(3)33)26-23(25(13)36)29(4)20(39-26)12-19(34)21(27(29)37)14(2)30-9-10-31-28(38)18-11-16-7-5-6-8-17(16)32-18/h5-8,11-12,30,32,35-36H,9-10H2,1-4H3,(H,31,38)/b21-14+/t29-/m1/s1. The second-order valence-corrected chi connectivity index (χ2v) is 9.84. The number of carbonyl (C=O) groups excluding carboxylic acids is 4. The average molecular weight is 530 g/mol. The molecular weight excluding hydrogens is 502 g/mol. The zero-order valence-electron chi connectivity index (χ0n) is 21.8. The van der Waals surface area contributed by atoms with Gasteiger partial charge in [0.05, 0.1) is 11.1 Å². The van der Waals surface area contributed by atoms with E-state index in [0.29, 0.717) is 5.69 Å². The van der Waals surface area contributed by atoms with E-state index in [1.165, 1.54) is 20.8 Å². The lowest BCUT2D eigenvalue weighted by atomic mass is 9.70. The molecule has 0 saturated heterocycles. The van der Waals surface area contributed by atoms with E-state index < -0.39 is 28.5 Å². The molecule has 1 aliphatic heterocycles. The van der Waals surface area contributed by atoms with Crippen molar-refractivity contribution in [3.8, 4) is 17.2 Å². The van der Waals surface area contributed by atoms with Gasteiger partial charge in [-0.15, -0.1) is 0 Å². The number of benzene rings is 2. The third-order valence-corrected chi connectivity index (χ3v) is 7.34. The first kappa shape index (κ1) is 25.8. The molecule has 0 spiro atoms. The van der Waals surface area contributed by atoms with Crippen LogP contribution in [0.2, 0.25) is 0 Å². The molecule has 0 bridgehead atoms. The molecule has 39 heavy (non-hydrogen) atoms. The van der Waals surface area contributed by atoms with Crippen LogP contribution in [0.25, 0.3) is 10.9 Å². The molecule has 5 rings (SSSR count). The van der Waals surface area contributed by atoms with Gasteiger partial charge < -0.3 is 30.6 Å². The van der Waals surface area contributed by atoms with Crippen molar-refractivity contribution in [3.63, 3.8) is 0 Å². The van der Waals surface area contributed by atoms with Gasteiger partial charge in [-0.05, 0) is 39.8 Å². The topological polar surface area (TPSA) is 158 Å². The Kier molecular flexibility index (Phi) is 6.05. The minimum Gasteiger partial charge on any atom is -0.507 e. The molecule has 0 saturated carbocycles. The van der Waals surface area contributed by atoms with Crippen molar-refractivity contribution in [2.45, 2.75) is 33.1 Å². The number of hydrogen-bond acceptors (Lipinski definition) is 8. The van der Waals surface area contributed by atoms with Crippen molar-refractivity contribution in [1.82, 2.24) is 15.6 Å². The quantitative estimate of drug-likeness (QED) is 0.141. The van der Waals surface area contributed by atoms with Gasteiger partial charge in [0.2, 0.25) is 0 Å². The Labute approximate surface area is 223 Å². The number of amides is 1. The number of phenolic OH excluding ortho intramolecular Hbond substituents is 2. The highest BCUT2D eigenvalue weighted by molar-refractivity contribution is 6.31. The van der Waals surface area contributed by atoms with Crippen molar-refractivity contribution >= 4 is 34.2 Å². The van der Waals surface area contributed by atoms with Crippen LogP contribution in [-0.4, -0.2) is 51.5 Å². The third-order valence-electron chi connectivity index (χ3n) is 7.34. The molecule has 3 aromatic rings. The predicted molar refractivity (Wildman–Crippen MR) is 142 cm³/mol. The number of fused-ring (bicyclic) bond motifs is 4. The minimum atomic E-state index is -1.59. The van der Waals surface area contributed by atoms with Crippen molar-refractivity contribution in [2.24, 2.45) is 0 Å². The number of aromatic amines is 1. The maximum Gasteiger partial charge on any atom is 0.267 e. The molecule has 200 valence electrons. The molecule has 10 nitrogen and oxygen atoms in total. The van der Waals surface area contributed by atoms with Crippen LogP contribution in [0, 0.1) is 6.92 Å². The maximum atomic E-state index is 13.8. The van der Waals surface area contributed by atoms with E-state index in [1.54, 1.807) is 13.0 Å². The van der Waals surface area contributed by atoms with E-state index in [4.69, 9.17) is 4.74 Å². The van der Waals surface area contributed by atoms with E-state index in [9.17, 15) is 29.4 Å². The number of hydrogen-bond donors (Lipinski definition) is 5. The highest BCUT2D eigenvalue weighted by atomic mass is 16.5. The Bertz CT molecular complexity index is 1640. The lowest BCUT2D eigenvalue weighted by molar-refractivity contribution is -0.123. The van der Waals surface area contributed by atoms with E-state index in [0.717, 1.165) is 17.0 Å². The summed E-state index contributed by atoms with van der Waals surface area (Å²) in [6.45, 7) is 6.19. The Morgan fingerprint density at radius 3 is 2.44 bits per heavy atom. The molecular formula is C29H27N3O7. The summed E-state index contributed by atoms with van der Waals surface area (Å²) in [6, 6.07) is 9.29. The number of aromatic nitrogens is 1. The van der Waals surface area contributed by atoms with Crippen LogP contribution in [-0.2, 0) is 15.0 Å². The molecule has 2 heterocycles. The molecule has 0 radical (unpaired) electrons. The number of H-pyrrole nitrogens is 1. The Morgan fingerprint density at radius 2 is 1.74 bits per heavy atom. The number of ketones is 3. The van der Waals surface area contributed by atoms with Gasteiger partial charge in [-0.2, -0.15) is 0 Å². The molecule has 10 heteroatoms. The number of phenols is 2. The van der Waals surface area contributed by atoms with Crippen LogP contribution in [0.1, 0.15) is 52.7 Å². The summed E-state index contributed by atoms with van der Waals surface area (Å²) in [7, 11) is 0. The Morgan fingerprint density at radius 1 is 1.05 bits per heavy atom. The summed E-state index contributed by atoms with van der Waals surface area (Å²) in [6.07, 6.45) is 1.16. The molecule has 1 aromatic heterocycles. The number of para-hydroxylation sites is 1. The number of aromatic hydroxyl groups is 2. The fourth-order valence-corrected chi connectivity index (χ4v) is 5.17. The fourth-order valence-electron chi connectivity index (χ4n) is 5.17. The second-order valence-electron chi connectivity index (χ2n) is 9.84. The Hall–Kier alpha value is -4.86. The van der Waals surface area contributed by atoms with E-state index >= 15 is 0 Å². The van der Waals surface area contributed by atoms with Crippen molar-refractivity contribution in [3.05, 3.63) is 75.8 Å². The Balaban J connectivity index is 1.37. The van der Waals surface area contributed by atoms with Crippen LogP contribution in [0.3, 0.4) is 0 Å². The van der Waals surface area contributed by atoms with Gasteiger partial charge >= 0.3 is 0 Å². The van der Waals surface area contributed by atoms with Gasteiger partial charge in [-0.1, -0.05) is 18.2 Å². The molecule has 1 aliphatic carbocycles. The summed E-state index contributed by atoms with van der Waals surface area (Å²) in [4.78, 5) is 54.7. The number of rotatable bonds is 6. The summed E-state index contributed by atoms with van der Waals surface area (Å²) in [5, 5.41) is 28.1. The summed E-state index contributed by atoms with van der Waals surface area (Å²) >= 11 is 0. The number of allylic oxidation sites excluding steroid dienone is 4. The monoisotopic (exact) mass is 529 g/mol. The van der Waals surface area contributed by atoms with E-state index in [-0.39, 0.29) is 64.2 Å². The van der Waals surface area contributed by atoms with Crippen LogP contribution in [0.15, 0.2) is 53.4 Å².